The van der Waals surface area contributed by atoms with Gasteiger partial charge in [0, 0.05) is 0 Å². The van der Waals surface area contributed by atoms with Gasteiger partial charge in [-0.3, -0.25) is 0 Å². The van der Waals surface area contributed by atoms with Crippen LogP contribution in [0.4, 0.5) is 0 Å². The van der Waals surface area contributed by atoms with Crippen LogP contribution in [0.25, 0.3) is 0 Å². The van der Waals surface area contributed by atoms with Crippen LogP contribution in [0.5, 0.6) is 0 Å². The fraction of sp³-hybridized carbons (Fsp3) is 0.667. The minimum Gasteiger partial charge on any atom is -0.0591 e. The molecule has 0 heteroatoms. The van der Waals surface area contributed by atoms with E-state index >= 15 is 0 Å². The van der Waals surface area contributed by atoms with Crippen LogP contribution in [0.2, 0.25) is 0 Å². The van der Waals surface area contributed by atoms with Gasteiger partial charge in [0.05, 0.1) is 0 Å². The Kier molecular flexibility index (Phi) is 1.13. The van der Waals surface area contributed by atoms with Crippen molar-refractivity contribution in [3.63, 3.8) is 0 Å². The Morgan fingerprint density at radius 3 is 2.67 bits per heavy atom. The Hall–Kier alpha value is 0. The number of hydrogen-bond donors (Lipinski definition) is 0. The van der Waals surface area contributed by atoms with Gasteiger partial charge in [-0.1, -0.05) is 6.92 Å². The van der Waals surface area contributed by atoms with Gasteiger partial charge in [0.25, 0.3) is 0 Å². The highest BCUT2D eigenvalue weighted by molar-refractivity contribution is 4.97. The van der Waals surface area contributed by atoms with Crippen molar-refractivity contribution in [2.75, 3.05) is 0 Å². The summed E-state index contributed by atoms with van der Waals surface area (Å²) in [6.07, 6.45) is 6.29. The smallest absolute Gasteiger partial charge is 0.0269 e. The van der Waals surface area contributed by atoms with Gasteiger partial charge >= 0.3 is 0 Å². The van der Waals surface area contributed by atoms with E-state index in [1.165, 1.54) is 19.3 Å². The predicted octanol–water partition coefficient (Wildman–Crippen LogP) is 1.97. The molecular weight excluding hydrogens is 72.1 g/mol. The van der Waals surface area contributed by atoms with Gasteiger partial charge in [-0.05, 0) is 31.6 Å². The van der Waals surface area contributed by atoms with Gasteiger partial charge in [0.2, 0.25) is 0 Å². The van der Waals surface area contributed by atoms with E-state index in [-0.39, 0.29) is 0 Å². The summed E-state index contributed by atoms with van der Waals surface area (Å²) in [5.41, 5.74) is 0. The van der Waals surface area contributed by atoms with Crippen molar-refractivity contribution < 1.29 is 0 Å². The summed E-state index contributed by atoms with van der Waals surface area (Å²) in [7, 11) is 0. The average molecular weight is 82.1 g/mol. The first-order chi connectivity index (χ1) is 2.89. The first-order valence-corrected chi connectivity index (χ1v) is 2.52. The molecule has 1 saturated carbocycles. The van der Waals surface area contributed by atoms with Crippen molar-refractivity contribution in [1.82, 2.24) is 0 Å². The van der Waals surface area contributed by atoms with E-state index < -0.39 is 0 Å². The summed E-state index contributed by atoms with van der Waals surface area (Å²) in [6.45, 7) is 2.23. The van der Waals surface area contributed by atoms with Crippen molar-refractivity contribution >= 4 is 0 Å². The molecule has 0 bridgehead atoms. The molecule has 0 amide bonds. The second kappa shape index (κ2) is 1.63. The third-order valence-corrected chi connectivity index (χ3v) is 1.27. The summed E-state index contributed by atoms with van der Waals surface area (Å²) < 4.78 is 0. The molecule has 0 N–H and O–H groups in total. The quantitative estimate of drug-likeness (QED) is 0.419. The van der Waals surface area contributed by atoms with Crippen LogP contribution in [0.15, 0.2) is 0 Å². The Morgan fingerprint density at radius 2 is 2.50 bits per heavy atom. The second-order valence-electron chi connectivity index (χ2n) is 1.99. The SMILES string of the molecule is C[C]1C[CH]CC1. The minimum atomic E-state index is 1.28. The monoisotopic (exact) mass is 82.1 g/mol. The van der Waals surface area contributed by atoms with Gasteiger partial charge in [-0.15, -0.1) is 0 Å². The predicted molar refractivity (Wildman–Crippen MR) is 27.1 cm³/mol. The highest BCUT2D eigenvalue weighted by Gasteiger charge is 2.08. The molecule has 1 fully saturated rings. The van der Waals surface area contributed by atoms with E-state index in [0.29, 0.717) is 0 Å². The third kappa shape index (κ3) is 0.735. The van der Waals surface area contributed by atoms with Gasteiger partial charge in [-0.25, -0.2) is 0 Å². The molecule has 0 aliphatic heterocycles. The Labute approximate surface area is 39.6 Å². The van der Waals surface area contributed by atoms with E-state index in [4.69, 9.17) is 0 Å². The molecule has 0 aromatic carbocycles. The van der Waals surface area contributed by atoms with Crippen molar-refractivity contribution in [2.45, 2.75) is 26.2 Å². The highest BCUT2D eigenvalue weighted by Crippen LogP contribution is 2.24. The maximum Gasteiger partial charge on any atom is -0.0269 e. The molecule has 1 rings (SSSR count). The largest absolute Gasteiger partial charge is 0.0591 e. The molecule has 0 aromatic heterocycles. The molecule has 0 spiro atoms. The molecule has 0 heterocycles. The highest BCUT2D eigenvalue weighted by atomic mass is 14.1. The molecule has 0 aromatic rings. The van der Waals surface area contributed by atoms with Gasteiger partial charge in [0.15, 0.2) is 0 Å². The van der Waals surface area contributed by atoms with E-state index in [0.717, 1.165) is 0 Å². The second-order valence-corrected chi connectivity index (χ2v) is 1.99. The zero-order chi connectivity index (χ0) is 4.41. The molecule has 1 aliphatic rings. The van der Waals surface area contributed by atoms with E-state index in [9.17, 15) is 0 Å². The first kappa shape index (κ1) is 4.17. The molecule has 1 aliphatic carbocycles. The zero-order valence-corrected chi connectivity index (χ0v) is 4.20. The lowest BCUT2D eigenvalue weighted by Gasteiger charge is -1.90. The first-order valence-electron chi connectivity index (χ1n) is 2.52. The molecule has 0 atom stereocenters. The van der Waals surface area contributed by atoms with E-state index in [1.54, 1.807) is 5.92 Å². The summed E-state index contributed by atoms with van der Waals surface area (Å²) >= 11 is 0. The standard InChI is InChI=1S/C6H10/c1-6-4-2-3-5-6/h2H,3-5H2,1H3. The third-order valence-electron chi connectivity index (χ3n) is 1.27. The molecule has 0 unspecified atom stereocenters. The van der Waals surface area contributed by atoms with Crippen molar-refractivity contribution in [1.29, 1.82) is 0 Å². The van der Waals surface area contributed by atoms with Crippen LogP contribution in [-0.4, -0.2) is 0 Å². The maximum atomic E-state index is 2.34. The summed E-state index contributed by atoms with van der Waals surface area (Å²) in [5, 5.41) is 0. The molecule has 2 radical (unpaired) electrons. The van der Waals surface area contributed by atoms with Crippen molar-refractivity contribution in [3.8, 4) is 0 Å². The Balaban J connectivity index is 2.18. The van der Waals surface area contributed by atoms with Gasteiger partial charge < -0.3 is 0 Å². The maximum absolute atomic E-state index is 2.34. The van der Waals surface area contributed by atoms with Crippen LogP contribution in [-0.2, 0) is 0 Å². The number of rotatable bonds is 0. The Bertz CT molecular complexity index is 33.3. The van der Waals surface area contributed by atoms with E-state index in [1.807, 2.05) is 0 Å². The summed E-state index contributed by atoms with van der Waals surface area (Å²) in [6, 6.07) is 0. The lowest BCUT2D eigenvalue weighted by Crippen LogP contribution is -1.75. The molecular formula is C6H10. The minimum absolute atomic E-state index is 1.28. The van der Waals surface area contributed by atoms with E-state index in [2.05, 4.69) is 13.3 Å². The van der Waals surface area contributed by atoms with Crippen molar-refractivity contribution in [2.24, 2.45) is 0 Å². The van der Waals surface area contributed by atoms with Crippen molar-refractivity contribution in [3.05, 3.63) is 12.3 Å². The zero-order valence-electron chi connectivity index (χ0n) is 4.20. The van der Waals surface area contributed by atoms with Crippen LogP contribution < -0.4 is 0 Å². The molecule has 34 valence electrons. The van der Waals surface area contributed by atoms with Crippen LogP contribution in [0.1, 0.15) is 26.2 Å². The lowest BCUT2D eigenvalue weighted by atomic mass is 10.2. The average Bonchev–Trinajstić information content (AvgIpc) is 1.86. The normalized spacial score (nSPS) is 25.5. The summed E-state index contributed by atoms with van der Waals surface area (Å²) in [4.78, 5) is 0. The lowest BCUT2D eigenvalue weighted by molar-refractivity contribution is 0.923. The summed E-state index contributed by atoms with van der Waals surface area (Å²) in [5.74, 6) is 1.65. The van der Waals surface area contributed by atoms with Gasteiger partial charge in [-0.2, -0.15) is 0 Å². The fourth-order valence-corrected chi connectivity index (χ4v) is 0.799. The molecule has 0 saturated heterocycles. The Morgan fingerprint density at radius 1 is 1.67 bits per heavy atom. The van der Waals surface area contributed by atoms with Crippen LogP contribution in [0, 0.1) is 12.3 Å². The molecule has 6 heavy (non-hydrogen) atoms. The van der Waals surface area contributed by atoms with Crippen LogP contribution >= 0.6 is 0 Å². The topological polar surface area (TPSA) is 0 Å². The van der Waals surface area contributed by atoms with Crippen LogP contribution in [0.3, 0.4) is 0 Å². The molecule has 0 nitrogen and oxygen atoms in total. The van der Waals surface area contributed by atoms with Gasteiger partial charge in [0.1, 0.15) is 0 Å². The fourth-order valence-electron chi connectivity index (χ4n) is 0.799. The number of hydrogen-bond acceptors (Lipinski definition) is 0.